The number of nitrogens with zero attached hydrogens (tertiary/aromatic N) is 1. The van der Waals surface area contributed by atoms with Crippen LogP contribution in [0, 0.1) is 50.2 Å². The third-order valence-electron chi connectivity index (χ3n) is 14.5. The van der Waals surface area contributed by atoms with E-state index in [0.717, 1.165) is 51.9 Å². The van der Waals surface area contributed by atoms with Gasteiger partial charge in [-0.05, 0) is 103 Å². The minimum atomic E-state index is -0.196. The monoisotopic (exact) mass is 536 g/mol. The van der Waals surface area contributed by atoms with Gasteiger partial charge in [0.1, 0.15) is 5.78 Å². The summed E-state index contributed by atoms with van der Waals surface area (Å²) >= 11 is 0. The number of Topliss-reactive ketones (excluding diaryl/α,β-unsaturated/α-hetero) is 1. The first kappa shape index (κ1) is 28.0. The highest BCUT2D eigenvalue weighted by atomic mass is 16.2. The van der Waals surface area contributed by atoms with Gasteiger partial charge in [0.05, 0.1) is 0 Å². The second kappa shape index (κ2) is 8.92. The number of hydrogen-bond acceptors (Lipinski definition) is 3. The molecule has 1 saturated heterocycles. The average Bonchev–Trinajstić information content (AvgIpc) is 2.88. The van der Waals surface area contributed by atoms with E-state index in [1.807, 2.05) is 0 Å². The van der Waals surface area contributed by atoms with Crippen LogP contribution in [-0.2, 0) is 9.59 Å². The molecule has 1 aliphatic heterocycles. The molecule has 5 fully saturated rings. The van der Waals surface area contributed by atoms with Gasteiger partial charge in [0.2, 0.25) is 5.91 Å². The predicted molar refractivity (Wildman–Crippen MR) is 158 cm³/mol. The molecule has 4 heteroatoms. The molecule has 4 saturated carbocycles. The minimum Gasteiger partial charge on any atom is -0.340 e. The molecule has 0 spiro atoms. The summed E-state index contributed by atoms with van der Waals surface area (Å²) in [5, 5.41) is 3.42. The Bertz CT molecular complexity index is 1070. The van der Waals surface area contributed by atoms with Gasteiger partial charge in [-0.1, -0.05) is 60.1 Å². The van der Waals surface area contributed by atoms with Crippen molar-refractivity contribution in [1.29, 1.82) is 0 Å². The number of nitrogens with one attached hydrogen (secondary N) is 1. The fourth-order valence-corrected chi connectivity index (χ4v) is 11.8. The van der Waals surface area contributed by atoms with Crippen LogP contribution in [-0.4, -0.2) is 42.8 Å². The molecule has 1 amide bonds. The van der Waals surface area contributed by atoms with E-state index in [1.54, 1.807) is 5.57 Å². The lowest BCUT2D eigenvalue weighted by Gasteiger charge is -2.71. The van der Waals surface area contributed by atoms with Crippen molar-refractivity contribution in [3.8, 4) is 0 Å². The number of fused-ring (bicyclic) bond motifs is 7. The van der Waals surface area contributed by atoms with Gasteiger partial charge in [0.15, 0.2) is 0 Å². The predicted octanol–water partition coefficient (Wildman–Crippen LogP) is 7.18. The van der Waals surface area contributed by atoms with Crippen molar-refractivity contribution in [2.45, 2.75) is 119 Å². The van der Waals surface area contributed by atoms with Gasteiger partial charge < -0.3 is 10.2 Å². The molecule has 0 aromatic carbocycles. The molecule has 1 heterocycles. The maximum absolute atomic E-state index is 13.7. The molecular weight excluding hydrogens is 480 g/mol. The molecule has 218 valence electrons. The SMILES string of the molecule is CC1(C)CC[C@]2(CC(=O)N3CCNCC3)CC[C@]3(C)C(=CC[C@@H]4[C@@]5(C)CCC(=O)C(C)(C)[C@@H]5CC[C@]43C)[C@@H]2C1. The van der Waals surface area contributed by atoms with Gasteiger partial charge in [0, 0.05) is 44.4 Å². The Labute approximate surface area is 238 Å². The molecule has 6 aliphatic rings. The number of rotatable bonds is 2. The van der Waals surface area contributed by atoms with Gasteiger partial charge in [-0.2, -0.15) is 0 Å². The largest absolute Gasteiger partial charge is 0.340 e. The number of carbonyl (C=O) groups is 2. The van der Waals surface area contributed by atoms with Crippen LogP contribution in [0.15, 0.2) is 11.6 Å². The standard InChI is InChI=1S/C35H56N2O2/c1-30(2)14-16-35(23-29(39)37-20-18-36-19-21-37)17-15-33(6)24(25(35)22-30)8-9-27-32(5)12-11-28(38)31(3,4)26(32)10-13-34(27,33)7/h8,25-27,36H,9-23H2,1-7H3/t25-,26-,27+,32-,33+,34+,35+/m0/s1. The van der Waals surface area contributed by atoms with Crippen molar-refractivity contribution in [2.24, 2.45) is 50.2 Å². The Balaban J connectivity index is 1.37. The molecule has 0 aromatic heterocycles. The number of allylic oxidation sites excluding steroid dienone is 2. The highest BCUT2D eigenvalue weighted by Gasteiger charge is 2.68. The quantitative estimate of drug-likeness (QED) is 0.380. The summed E-state index contributed by atoms with van der Waals surface area (Å²) < 4.78 is 0. The van der Waals surface area contributed by atoms with E-state index in [4.69, 9.17) is 0 Å². The minimum absolute atomic E-state index is 0.131. The summed E-state index contributed by atoms with van der Waals surface area (Å²) in [5.41, 5.74) is 2.69. The molecule has 39 heavy (non-hydrogen) atoms. The van der Waals surface area contributed by atoms with Gasteiger partial charge in [-0.3, -0.25) is 9.59 Å². The molecule has 4 nitrogen and oxygen atoms in total. The normalized spacial score (nSPS) is 46.7. The molecule has 7 atom stereocenters. The smallest absolute Gasteiger partial charge is 0.223 e. The number of piperazine rings is 1. The lowest BCUT2D eigenvalue weighted by molar-refractivity contribution is -0.185. The molecular formula is C35H56N2O2. The summed E-state index contributed by atoms with van der Waals surface area (Å²) in [7, 11) is 0. The fraction of sp³-hybridized carbons (Fsp3) is 0.886. The second-order valence-electron chi connectivity index (χ2n) is 17.0. The number of carbonyl (C=O) groups excluding carboxylic acids is 2. The van der Waals surface area contributed by atoms with Gasteiger partial charge in [0.25, 0.3) is 0 Å². The molecule has 5 aliphatic carbocycles. The zero-order valence-electron chi connectivity index (χ0n) is 26.2. The highest BCUT2D eigenvalue weighted by molar-refractivity contribution is 5.85. The van der Waals surface area contributed by atoms with E-state index >= 15 is 0 Å². The number of hydrogen-bond donors (Lipinski definition) is 1. The Morgan fingerprint density at radius 2 is 1.62 bits per heavy atom. The summed E-state index contributed by atoms with van der Waals surface area (Å²) in [6.07, 6.45) is 15.0. The van der Waals surface area contributed by atoms with Crippen LogP contribution in [0.25, 0.3) is 0 Å². The van der Waals surface area contributed by atoms with Crippen molar-refractivity contribution < 1.29 is 9.59 Å². The first-order valence-corrected chi connectivity index (χ1v) is 16.4. The van der Waals surface area contributed by atoms with Crippen LogP contribution in [0.2, 0.25) is 0 Å². The molecule has 0 radical (unpaired) electrons. The maximum atomic E-state index is 13.7. The average molecular weight is 537 g/mol. The maximum Gasteiger partial charge on any atom is 0.223 e. The third kappa shape index (κ3) is 3.92. The van der Waals surface area contributed by atoms with E-state index in [0.29, 0.717) is 34.9 Å². The second-order valence-corrected chi connectivity index (χ2v) is 17.0. The molecule has 1 N–H and O–H groups in total. The Hall–Kier alpha value is -1.16. The highest BCUT2D eigenvalue weighted by Crippen LogP contribution is 2.75. The Morgan fingerprint density at radius 1 is 0.923 bits per heavy atom. The first-order chi connectivity index (χ1) is 18.2. The molecule has 0 aromatic rings. The summed E-state index contributed by atoms with van der Waals surface area (Å²) in [6, 6.07) is 0. The lowest BCUT2D eigenvalue weighted by atomic mass is 9.33. The van der Waals surface area contributed by atoms with E-state index in [-0.39, 0.29) is 27.1 Å². The van der Waals surface area contributed by atoms with Crippen LogP contribution >= 0.6 is 0 Å². The lowest BCUT2D eigenvalue weighted by Crippen LogP contribution is -2.64. The van der Waals surface area contributed by atoms with E-state index in [1.165, 1.54) is 44.9 Å². The third-order valence-corrected chi connectivity index (χ3v) is 14.5. The van der Waals surface area contributed by atoms with Gasteiger partial charge in [-0.25, -0.2) is 0 Å². The molecule has 0 unspecified atom stereocenters. The fourth-order valence-electron chi connectivity index (χ4n) is 11.8. The Morgan fingerprint density at radius 3 is 2.33 bits per heavy atom. The van der Waals surface area contributed by atoms with Crippen molar-refractivity contribution in [2.75, 3.05) is 26.2 Å². The van der Waals surface area contributed by atoms with E-state index in [2.05, 4.69) is 64.8 Å². The van der Waals surface area contributed by atoms with Crippen LogP contribution in [0.4, 0.5) is 0 Å². The van der Waals surface area contributed by atoms with Gasteiger partial charge >= 0.3 is 0 Å². The van der Waals surface area contributed by atoms with Crippen molar-refractivity contribution in [3.05, 3.63) is 11.6 Å². The van der Waals surface area contributed by atoms with E-state index < -0.39 is 0 Å². The zero-order valence-corrected chi connectivity index (χ0v) is 26.2. The van der Waals surface area contributed by atoms with Crippen LogP contribution in [0.3, 0.4) is 0 Å². The van der Waals surface area contributed by atoms with Crippen molar-refractivity contribution in [1.82, 2.24) is 10.2 Å². The van der Waals surface area contributed by atoms with Crippen molar-refractivity contribution >= 4 is 11.7 Å². The van der Waals surface area contributed by atoms with Gasteiger partial charge in [-0.15, -0.1) is 0 Å². The summed E-state index contributed by atoms with van der Waals surface area (Å²) in [4.78, 5) is 28.9. The van der Waals surface area contributed by atoms with E-state index in [9.17, 15) is 9.59 Å². The summed E-state index contributed by atoms with van der Waals surface area (Å²) in [5.74, 6) is 2.56. The van der Waals surface area contributed by atoms with Crippen LogP contribution in [0.1, 0.15) is 119 Å². The first-order valence-electron chi connectivity index (χ1n) is 16.4. The number of ketones is 1. The van der Waals surface area contributed by atoms with Crippen LogP contribution in [0.5, 0.6) is 0 Å². The topological polar surface area (TPSA) is 49.4 Å². The number of amides is 1. The molecule has 0 bridgehead atoms. The van der Waals surface area contributed by atoms with Crippen molar-refractivity contribution in [3.63, 3.8) is 0 Å². The Kier molecular flexibility index (Phi) is 6.40. The summed E-state index contributed by atoms with van der Waals surface area (Å²) in [6.45, 7) is 20.9. The molecule has 6 rings (SSSR count). The van der Waals surface area contributed by atoms with Crippen LogP contribution < -0.4 is 5.32 Å². The zero-order chi connectivity index (χ0) is 28.1.